The highest BCUT2D eigenvalue weighted by molar-refractivity contribution is 14.0. The van der Waals surface area contributed by atoms with Crippen LogP contribution in [0.15, 0.2) is 38.8 Å². The Hall–Kier alpha value is -0.690. The summed E-state index contributed by atoms with van der Waals surface area (Å²) in [7, 11) is -1.62. The van der Waals surface area contributed by atoms with E-state index >= 15 is 0 Å². The van der Waals surface area contributed by atoms with Crippen LogP contribution in [0.4, 0.5) is 0 Å². The third-order valence-corrected chi connectivity index (χ3v) is 8.37. The van der Waals surface area contributed by atoms with Crippen LogP contribution in [0, 0.1) is 0 Å². The summed E-state index contributed by atoms with van der Waals surface area (Å²) >= 11 is 3.04. The van der Waals surface area contributed by atoms with Gasteiger partial charge < -0.3 is 10.6 Å². The second kappa shape index (κ2) is 12.0. The normalized spacial score (nSPS) is 12.1. The van der Waals surface area contributed by atoms with Crippen molar-refractivity contribution in [1.82, 2.24) is 14.9 Å². The number of aliphatic imine (C=N–C) groups is 1. The largest absolute Gasteiger partial charge is 0.356 e. The molecule has 0 aliphatic carbocycles. The smallest absolute Gasteiger partial charge is 0.252 e. The summed E-state index contributed by atoms with van der Waals surface area (Å²) in [6.07, 6.45) is 0.748. The van der Waals surface area contributed by atoms with Gasteiger partial charge in [0.15, 0.2) is 5.96 Å². The van der Waals surface area contributed by atoms with Crippen LogP contribution in [0.2, 0.25) is 0 Å². The zero-order valence-corrected chi connectivity index (χ0v) is 20.5. The van der Waals surface area contributed by atoms with Gasteiger partial charge in [-0.3, -0.25) is 4.99 Å². The first-order valence-electron chi connectivity index (χ1n) is 8.57. The van der Waals surface area contributed by atoms with Gasteiger partial charge in [0.25, 0.3) is 10.0 Å². The lowest BCUT2D eigenvalue weighted by molar-refractivity contribution is 0.447. The maximum Gasteiger partial charge on any atom is 0.252 e. The summed E-state index contributed by atoms with van der Waals surface area (Å²) in [4.78, 5) is 6.49. The van der Waals surface area contributed by atoms with Crippen LogP contribution in [-0.2, 0) is 23.0 Å². The fourth-order valence-corrected chi connectivity index (χ4v) is 6.04. The Kier molecular flexibility index (Phi) is 10.8. The van der Waals surface area contributed by atoms with Crippen molar-refractivity contribution < 1.29 is 8.42 Å². The van der Waals surface area contributed by atoms with Crippen molar-refractivity contribution in [2.75, 3.05) is 26.7 Å². The molecule has 0 unspecified atom stereocenters. The molecule has 0 fully saturated rings. The van der Waals surface area contributed by atoms with Gasteiger partial charge in [-0.2, -0.15) is 4.31 Å². The van der Waals surface area contributed by atoms with E-state index in [2.05, 4.69) is 21.7 Å². The molecule has 0 bridgehead atoms. The molecule has 0 atom stereocenters. The van der Waals surface area contributed by atoms with Crippen LogP contribution in [0.3, 0.4) is 0 Å². The van der Waals surface area contributed by atoms with Gasteiger partial charge >= 0.3 is 0 Å². The van der Waals surface area contributed by atoms with Gasteiger partial charge in [-0.05, 0) is 30.0 Å². The molecule has 6 nitrogen and oxygen atoms in total. The minimum atomic E-state index is -3.36. The average molecular weight is 543 g/mol. The number of nitrogens with one attached hydrogen (secondary N) is 2. The minimum absolute atomic E-state index is 0. The van der Waals surface area contributed by atoms with Gasteiger partial charge in [-0.15, -0.1) is 46.7 Å². The van der Waals surface area contributed by atoms with Crippen LogP contribution in [0.1, 0.15) is 23.6 Å². The van der Waals surface area contributed by atoms with E-state index in [4.69, 9.17) is 0 Å². The Bertz CT molecular complexity index is 800. The van der Waals surface area contributed by atoms with E-state index in [-0.39, 0.29) is 24.0 Å². The van der Waals surface area contributed by atoms with Gasteiger partial charge in [-0.1, -0.05) is 19.9 Å². The van der Waals surface area contributed by atoms with E-state index in [1.54, 1.807) is 24.5 Å². The summed E-state index contributed by atoms with van der Waals surface area (Å²) in [6, 6.07) is 7.70. The second-order valence-corrected chi connectivity index (χ2v) is 9.86. The summed E-state index contributed by atoms with van der Waals surface area (Å²) in [5, 5.41) is 8.58. The third kappa shape index (κ3) is 7.00. The minimum Gasteiger partial charge on any atom is -0.356 e. The highest BCUT2D eigenvalue weighted by Gasteiger charge is 2.23. The van der Waals surface area contributed by atoms with Crippen LogP contribution in [0.5, 0.6) is 0 Å². The number of halogens is 1. The number of guanidine groups is 1. The maximum atomic E-state index is 12.5. The molecule has 0 amide bonds. The number of hydrogen-bond acceptors (Lipinski definition) is 5. The van der Waals surface area contributed by atoms with E-state index in [0.29, 0.717) is 23.8 Å². The standard InChI is InChI=1S/C17H26N4O2S3.HI/c1-4-21(5-2)26(22,23)16-9-8-14(25-16)10-11-19-17(18-3)20-13-15-7-6-12-24-15;/h6-9,12H,4-5,10-11,13H2,1-3H3,(H2,18,19,20);1H. The van der Waals surface area contributed by atoms with Crippen molar-refractivity contribution >= 4 is 62.6 Å². The molecule has 2 rings (SSSR count). The van der Waals surface area contributed by atoms with Gasteiger partial charge in [-0.25, -0.2) is 8.42 Å². The fourth-order valence-electron chi connectivity index (χ4n) is 2.43. The van der Waals surface area contributed by atoms with Crippen LogP contribution < -0.4 is 10.6 Å². The Balaban J connectivity index is 0.00000364. The zero-order chi connectivity index (χ0) is 19.0. The topological polar surface area (TPSA) is 73.8 Å². The lowest BCUT2D eigenvalue weighted by Crippen LogP contribution is -2.37. The Morgan fingerprint density at radius 3 is 2.48 bits per heavy atom. The highest BCUT2D eigenvalue weighted by atomic mass is 127. The van der Waals surface area contributed by atoms with Gasteiger partial charge in [0.2, 0.25) is 0 Å². The predicted molar refractivity (Wildman–Crippen MR) is 126 cm³/mol. The van der Waals surface area contributed by atoms with Crippen molar-refractivity contribution in [3.63, 3.8) is 0 Å². The highest BCUT2D eigenvalue weighted by Crippen LogP contribution is 2.25. The van der Waals surface area contributed by atoms with E-state index in [1.807, 2.05) is 31.4 Å². The Morgan fingerprint density at radius 2 is 1.89 bits per heavy atom. The summed E-state index contributed by atoms with van der Waals surface area (Å²) in [6.45, 7) is 6.11. The molecular formula is C17H27IN4O2S3. The molecule has 27 heavy (non-hydrogen) atoms. The van der Waals surface area contributed by atoms with Gasteiger partial charge in [0.1, 0.15) is 4.21 Å². The number of sulfonamides is 1. The molecule has 0 radical (unpaired) electrons. The van der Waals surface area contributed by atoms with Crippen molar-refractivity contribution in [1.29, 1.82) is 0 Å². The van der Waals surface area contributed by atoms with Gasteiger partial charge in [0, 0.05) is 36.4 Å². The molecule has 2 heterocycles. The summed E-state index contributed by atoms with van der Waals surface area (Å²) in [5.74, 6) is 0.742. The number of rotatable bonds is 9. The summed E-state index contributed by atoms with van der Waals surface area (Å²) < 4.78 is 26.9. The van der Waals surface area contributed by atoms with E-state index in [0.717, 1.165) is 23.8 Å². The molecule has 0 saturated carbocycles. The molecule has 0 aliphatic heterocycles. The van der Waals surface area contributed by atoms with Crippen molar-refractivity contribution in [2.24, 2.45) is 4.99 Å². The zero-order valence-electron chi connectivity index (χ0n) is 15.8. The first-order valence-corrected chi connectivity index (χ1v) is 11.7. The number of thiophene rings is 2. The Labute approximate surface area is 187 Å². The van der Waals surface area contributed by atoms with E-state index in [9.17, 15) is 8.42 Å². The molecule has 0 spiro atoms. The SMILES string of the molecule is CCN(CC)S(=O)(=O)c1ccc(CCNC(=NC)NCc2cccs2)s1.I. The second-order valence-electron chi connectivity index (χ2n) is 5.49. The first kappa shape index (κ1) is 24.3. The lowest BCUT2D eigenvalue weighted by atomic mass is 10.3. The maximum absolute atomic E-state index is 12.5. The van der Waals surface area contributed by atoms with Crippen molar-refractivity contribution in [3.05, 3.63) is 39.4 Å². The average Bonchev–Trinajstić information content (AvgIpc) is 3.30. The molecule has 0 aliphatic rings. The molecule has 152 valence electrons. The van der Waals surface area contributed by atoms with Crippen LogP contribution in [0.25, 0.3) is 0 Å². The Morgan fingerprint density at radius 1 is 1.15 bits per heavy atom. The molecule has 0 saturated heterocycles. The molecule has 2 aromatic rings. The first-order chi connectivity index (χ1) is 12.5. The number of nitrogens with zero attached hydrogens (tertiary/aromatic N) is 2. The quantitative estimate of drug-likeness (QED) is 0.290. The predicted octanol–water partition coefficient (Wildman–Crippen LogP) is 3.37. The third-order valence-electron chi connectivity index (χ3n) is 3.83. The fraction of sp³-hybridized carbons (Fsp3) is 0.471. The van der Waals surface area contributed by atoms with Crippen molar-refractivity contribution in [3.8, 4) is 0 Å². The monoisotopic (exact) mass is 542 g/mol. The van der Waals surface area contributed by atoms with Crippen LogP contribution >= 0.6 is 46.7 Å². The molecule has 2 aromatic heterocycles. The number of hydrogen-bond donors (Lipinski definition) is 2. The molecule has 2 N–H and O–H groups in total. The van der Waals surface area contributed by atoms with Gasteiger partial charge in [0.05, 0.1) is 6.54 Å². The lowest BCUT2D eigenvalue weighted by Gasteiger charge is -2.16. The molecular weight excluding hydrogens is 515 g/mol. The summed E-state index contributed by atoms with van der Waals surface area (Å²) in [5.41, 5.74) is 0. The van der Waals surface area contributed by atoms with E-state index < -0.39 is 10.0 Å². The van der Waals surface area contributed by atoms with Crippen molar-refractivity contribution in [2.45, 2.75) is 31.0 Å². The molecule has 0 aromatic carbocycles. The van der Waals surface area contributed by atoms with E-state index in [1.165, 1.54) is 20.5 Å². The molecule has 10 heteroatoms. The van der Waals surface area contributed by atoms with Crippen LogP contribution in [-0.4, -0.2) is 45.4 Å².